The second kappa shape index (κ2) is 40.7. The maximum atomic E-state index is 12.5. The first-order valence-electron chi connectivity index (χ1n) is 22.4. The summed E-state index contributed by atoms with van der Waals surface area (Å²) in [5, 5.41) is 43.6. The number of aliphatic hydroxyl groups is 4. The molecule has 52 heavy (non-hydrogen) atoms. The van der Waals surface area contributed by atoms with Crippen molar-refractivity contribution >= 4 is 5.91 Å². The van der Waals surface area contributed by atoms with Crippen molar-refractivity contribution in [3.8, 4) is 0 Å². The highest BCUT2D eigenvalue weighted by molar-refractivity contribution is 5.80. The number of nitrogens with one attached hydrogen (secondary N) is 1. The van der Waals surface area contributed by atoms with Crippen LogP contribution in [0.4, 0.5) is 0 Å². The summed E-state index contributed by atoms with van der Waals surface area (Å²) in [6.45, 7) is 4.02. The minimum absolute atomic E-state index is 0.353. The third-order valence-corrected chi connectivity index (χ3v) is 10.3. The Morgan fingerprint density at radius 2 is 0.808 bits per heavy atom. The van der Waals surface area contributed by atoms with Crippen LogP contribution < -0.4 is 5.32 Å². The SMILES string of the molecule is CCCCCCC/C=C/CC/C=C/CCCC(O)C(O)C(CO)NC(=O)C(O)CCCCCCCC/C=C\CCCCCCCCCCCCCC. The Balaban J connectivity index is 3.77. The van der Waals surface area contributed by atoms with Gasteiger partial charge in [-0.3, -0.25) is 4.79 Å². The Bertz CT molecular complexity index is 828. The summed E-state index contributed by atoms with van der Waals surface area (Å²) in [5.74, 6) is -0.603. The molecular formula is C46H87NO5. The van der Waals surface area contributed by atoms with Crippen molar-refractivity contribution in [2.75, 3.05) is 6.61 Å². The number of amides is 1. The van der Waals surface area contributed by atoms with E-state index < -0.39 is 36.9 Å². The van der Waals surface area contributed by atoms with E-state index in [-0.39, 0.29) is 0 Å². The Morgan fingerprint density at radius 1 is 0.462 bits per heavy atom. The summed E-state index contributed by atoms with van der Waals surface area (Å²) in [5.41, 5.74) is 0. The molecule has 0 saturated carbocycles. The summed E-state index contributed by atoms with van der Waals surface area (Å²) in [7, 11) is 0. The molecule has 5 N–H and O–H groups in total. The lowest BCUT2D eigenvalue weighted by atomic mass is 10.00. The summed E-state index contributed by atoms with van der Waals surface area (Å²) in [4.78, 5) is 12.5. The molecule has 0 rings (SSSR count). The Morgan fingerprint density at radius 3 is 1.21 bits per heavy atom. The summed E-state index contributed by atoms with van der Waals surface area (Å²) in [6.07, 6.45) is 47.5. The molecule has 0 spiro atoms. The van der Waals surface area contributed by atoms with Gasteiger partial charge in [0.05, 0.1) is 18.8 Å². The third-order valence-electron chi connectivity index (χ3n) is 10.3. The van der Waals surface area contributed by atoms with Crippen LogP contribution in [0.3, 0.4) is 0 Å². The van der Waals surface area contributed by atoms with Gasteiger partial charge in [0.1, 0.15) is 12.2 Å². The van der Waals surface area contributed by atoms with Gasteiger partial charge >= 0.3 is 0 Å². The number of carbonyl (C=O) groups excluding carboxylic acids is 1. The molecule has 4 atom stereocenters. The minimum Gasteiger partial charge on any atom is -0.394 e. The van der Waals surface area contributed by atoms with Gasteiger partial charge in [-0.1, -0.05) is 179 Å². The zero-order chi connectivity index (χ0) is 38.2. The number of hydrogen-bond donors (Lipinski definition) is 5. The molecular weight excluding hydrogens is 647 g/mol. The van der Waals surface area contributed by atoms with Gasteiger partial charge in [0.2, 0.25) is 5.91 Å². The smallest absolute Gasteiger partial charge is 0.249 e. The summed E-state index contributed by atoms with van der Waals surface area (Å²) >= 11 is 0. The fourth-order valence-corrected chi connectivity index (χ4v) is 6.71. The normalized spacial score (nSPS) is 14.5. The van der Waals surface area contributed by atoms with E-state index in [0.717, 1.165) is 51.4 Å². The lowest BCUT2D eigenvalue weighted by Crippen LogP contribution is -2.53. The van der Waals surface area contributed by atoms with Crippen LogP contribution in [0.1, 0.15) is 219 Å². The average Bonchev–Trinajstić information content (AvgIpc) is 3.15. The molecule has 0 aromatic rings. The first-order chi connectivity index (χ1) is 25.5. The number of allylic oxidation sites excluding steroid dienone is 6. The monoisotopic (exact) mass is 734 g/mol. The van der Waals surface area contributed by atoms with Crippen LogP contribution in [0, 0.1) is 0 Å². The van der Waals surface area contributed by atoms with E-state index in [1.165, 1.54) is 135 Å². The van der Waals surface area contributed by atoms with Crippen molar-refractivity contribution in [1.82, 2.24) is 5.32 Å². The summed E-state index contributed by atoms with van der Waals surface area (Å²) < 4.78 is 0. The number of aliphatic hydroxyl groups excluding tert-OH is 4. The van der Waals surface area contributed by atoms with E-state index in [2.05, 4.69) is 55.6 Å². The fraction of sp³-hybridized carbons (Fsp3) is 0.848. The van der Waals surface area contributed by atoms with Crippen LogP contribution in [0.25, 0.3) is 0 Å². The lowest BCUT2D eigenvalue weighted by Gasteiger charge is -2.27. The molecule has 0 radical (unpaired) electrons. The fourth-order valence-electron chi connectivity index (χ4n) is 6.71. The van der Waals surface area contributed by atoms with E-state index in [1.54, 1.807) is 0 Å². The van der Waals surface area contributed by atoms with Crippen LogP contribution in [0.5, 0.6) is 0 Å². The first kappa shape index (κ1) is 50.5. The number of rotatable bonds is 40. The van der Waals surface area contributed by atoms with Crippen molar-refractivity contribution in [2.45, 2.75) is 244 Å². The van der Waals surface area contributed by atoms with Gasteiger partial charge in [0.15, 0.2) is 0 Å². The van der Waals surface area contributed by atoms with E-state index >= 15 is 0 Å². The van der Waals surface area contributed by atoms with E-state index in [9.17, 15) is 25.2 Å². The highest BCUT2D eigenvalue weighted by atomic mass is 16.3. The van der Waals surface area contributed by atoms with E-state index in [1.807, 2.05) is 0 Å². The van der Waals surface area contributed by atoms with Gasteiger partial charge in [-0.25, -0.2) is 0 Å². The molecule has 1 amide bonds. The van der Waals surface area contributed by atoms with Crippen LogP contribution in [0.15, 0.2) is 36.5 Å². The lowest BCUT2D eigenvalue weighted by molar-refractivity contribution is -0.132. The Labute approximate surface area is 322 Å². The topological polar surface area (TPSA) is 110 Å². The average molecular weight is 734 g/mol. The standard InChI is InChI=1S/C46H87NO5/c1-3-5-7-9-11-13-15-17-19-20-21-22-23-24-25-26-28-30-32-34-36-38-40-44(50)46(52)47-42(41-48)45(51)43(49)39-37-35-33-31-29-27-18-16-14-12-10-8-6-4-2/h16,18,24-25,31,33,42-45,48-51H,3-15,17,19-23,26-30,32,34-41H2,1-2H3,(H,47,52)/b18-16+,25-24-,33-31+. The molecule has 0 bridgehead atoms. The molecule has 0 heterocycles. The van der Waals surface area contributed by atoms with E-state index in [4.69, 9.17) is 0 Å². The molecule has 0 aliphatic carbocycles. The predicted octanol–water partition coefficient (Wildman–Crippen LogP) is 11.7. The zero-order valence-corrected chi connectivity index (χ0v) is 34.3. The largest absolute Gasteiger partial charge is 0.394 e. The number of hydrogen-bond acceptors (Lipinski definition) is 5. The Hall–Kier alpha value is -1.47. The van der Waals surface area contributed by atoms with Crippen LogP contribution in [0.2, 0.25) is 0 Å². The molecule has 4 unspecified atom stereocenters. The molecule has 0 aromatic heterocycles. The minimum atomic E-state index is -1.29. The third kappa shape index (κ3) is 34.3. The molecule has 6 nitrogen and oxygen atoms in total. The highest BCUT2D eigenvalue weighted by Gasteiger charge is 2.28. The van der Waals surface area contributed by atoms with Gasteiger partial charge in [0, 0.05) is 0 Å². The maximum Gasteiger partial charge on any atom is 0.249 e. The molecule has 0 saturated heterocycles. The second-order valence-corrected chi connectivity index (χ2v) is 15.4. The molecule has 306 valence electrons. The van der Waals surface area contributed by atoms with Gasteiger partial charge in [-0.15, -0.1) is 0 Å². The van der Waals surface area contributed by atoms with Crippen molar-refractivity contribution in [1.29, 1.82) is 0 Å². The number of unbranched alkanes of at least 4 members (excludes halogenated alkanes) is 25. The van der Waals surface area contributed by atoms with Crippen LogP contribution in [-0.4, -0.2) is 57.3 Å². The van der Waals surface area contributed by atoms with Gasteiger partial charge in [-0.2, -0.15) is 0 Å². The van der Waals surface area contributed by atoms with Gasteiger partial charge in [-0.05, 0) is 77.0 Å². The maximum absolute atomic E-state index is 12.5. The van der Waals surface area contributed by atoms with Gasteiger partial charge < -0.3 is 25.7 Å². The quantitative estimate of drug-likeness (QED) is 0.0318. The number of carbonyl (C=O) groups is 1. The van der Waals surface area contributed by atoms with Crippen molar-refractivity contribution < 1.29 is 25.2 Å². The van der Waals surface area contributed by atoms with E-state index in [0.29, 0.717) is 19.3 Å². The van der Waals surface area contributed by atoms with Crippen molar-refractivity contribution in [3.63, 3.8) is 0 Å². The first-order valence-corrected chi connectivity index (χ1v) is 22.4. The predicted molar refractivity (Wildman–Crippen MR) is 224 cm³/mol. The Kier molecular flexibility index (Phi) is 39.6. The zero-order valence-electron chi connectivity index (χ0n) is 34.3. The van der Waals surface area contributed by atoms with Gasteiger partial charge in [0.25, 0.3) is 0 Å². The van der Waals surface area contributed by atoms with Crippen LogP contribution >= 0.6 is 0 Å². The van der Waals surface area contributed by atoms with Crippen molar-refractivity contribution in [2.24, 2.45) is 0 Å². The molecule has 0 aliphatic heterocycles. The summed E-state index contributed by atoms with van der Waals surface area (Å²) in [6, 6.07) is -1.01. The molecule has 0 aliphatic rings. The highest BCUT2D eigenvalue weighted by Crippen LogP contribution is 2.15. The molecule has 0 aromatic carbocycles. The van der Waals surface area contributed by atoms with Crippen LogP contribution in [-0.2, 0) is 4.79 Å². The van der Waals surface area contributed by atoms with Crippen molar-refractivity contribution in [3.05, 3.63) is 36.5 Å². The molecule has 6 heteroatoms. The second-order valence-electron chi connectivity index (χ2n) is 15.4. The molecule has 0 fully saturated rings.